The van der Waals surface area contributed by atoms with E-state index in [2.05, 4.69) is 47.1 Å². The zero-order valence-electron chi connectivity index (χ0n) is 19.7. The van der Waals surface area contributed by atoms with Crippen molar-refractivity contribution in [1.29, 1.82) is 0 Å². The van der Waals surface area contributed by atoms with Crippen LogP contribution >= 0.6 is 0 Å². The fourth-order valence-electron chi connectivity index (χ4n) is 4.74. The monoisotopic (exact) mass is 448 g/mol. The number of ether oxygens (including phenoxy) is 1. The van der Waals surface area contributed by atoms with E-state index in [1.165, 1.54) is 16.8 Å². The fraction of sp³-hybridized carbons (Fsp3) is 0.519. The number of fused-ring (bicyclic) bond motifs is 5. The second-order valence-electron chi connectivity index (χ2n) is 9.24. The van der Waals surface area contributed by atoms with Crippen molar-refractivity contribution >= 4 is 23.4 Å². The summed E-state index contributed by atoms with van der Waals surface area (Å²) in [7, 11) is 1.64. The summed E-state index contributed by atoms with van der Waals surface area (Å²) in [6.45, 7) is 3.76. The number of hydrogen-bond donors (Lipinski definition) is 2. The number of hydrogen-bond acceptors (Lipinski definition) is 6. The number of benzene rings is 1. The van der Waals surface area contributed by atoms with Crippen LogP contribution in [0.25, 0.3) is 5.57 Å². The highest BCUT2D eigenvalue weighted by Gasteiger charge is 2.20. The number of aliphatic imine (C=N–C) groups is 2. The van der Waals surface area contributed by atoms with Crippen molar-refractivity contribution in [1.82, 2.24) is 10.6 Å². The van der Waals surface area contributed by atoms with Crippen LogP contribution in [0.3, 0.4) is 0 Å². The average molecular weight is 449 g/mol. The molecule has 0 radical (unpaired) electrons. The van der Waals surface area contributed by atoms with E-state index < -0.39 is 0 Å². The van der Waals surface area contributed by atoms with Crippen LogP contribution in [-0.2, 0) is 16.1 Å². The molecule has 176 valence electrons. The van der Waals surface area contributed by atoms with Gasteiger partial charge in [0.1, 0.15) is 11.6 Å². The Balaban J connectivity index is 1.61. The van der Waals surface area contributed by atoms with Crippen molar-refractivity contribution in [3.63, 3.8) is 0 Å². The van der Waals surface area contributed by atoms with Crippen molar-refractivity contribution in [3.8, 4) is 0 Å². The minimum absolute atomic E-state index is 0.281. The predicted molar refractivity (Wildman–Crippen MR) is 135 cm³/mol. The van der Waals surface area contributed by atoms with E-state index in [-0.39, 0.29) is 5.78 Å². The molecule has 3 heterocycles. The SMILES string of the molecule is COCCC(=O)CC1CCN=C2C=CC3CCN=C/C(=C(\C3)N2)c2cccc(c2)CNCC1. The molecule has 2 unspecified atom stereocenters. The normalized spacial score (nSPS) is 25.7. The Morgan fingerprint density at radius 2 is 2.15 bits per heavy atom. The molecule has 1 aromatic rings. The molecule has 3 aliphatic heterocycles. The Labute approximate surface area is 197 Å². The molecule has 2 atom stereocenters. The van der Waals surface area contributed by atoms with Gasteiger partial charge in [-0.15, -0.1) is 0 Å². The number of rotatable bonds is 5. The lowest BCUT2D eigenvalue weighted by Gasteiger charge is -2.19. The molecule has 2 N–H and O–H groups in total. The summed E-state index contributed by atoms with van der Waals surface area (Å²) in [6, 6.07) is 8.73. The molecule has 6 nitrogen and oxygen atoms in total. The first-order valence-electron chi connectivity index (χ1n) is 12.2. The van der Waals surface area contributed by atoms with E-state index in [9.17, 15) is 4.79 Å². The van der Waals surface area contributed by atoms with E-state index in [4.69, 9.17) is 14.7 Å². The van der Waals surface area contributed by atoms with E-state index in [0.29, 0.717) is 37.8 Å². The Morgan fingerprint density at radius 3 is 3.06 bits per heavy atom. The van der Waals surface area contributed by atoms with Gasteiger partial charge >= 0.3 is 0 Å². The number of nitrogens with zero attached hydrogens (tertiary/aromatic N) is 2. The molecule has 3 aliphatic rings. The first kappa shape index (κ1) is 23.6. The van der Waals surface area contributed by atoms with Crippen molar-refractivity contribution in [3.05, 3.63) is 53.2 Å². The predicted octanol–water partition coefficient (Wildman–Crippen LogP) is 3.93. The maximum Gasteiger partial charge on any atom is 0.135 e. The molecule has 4 rings (SSSR count). The zero-order chi connectivity index (χ0) is 22.9. The molecule has 0 saturated heterocycles. The van der Waals surface area contributed by atoms with Crippen molar-refractivity contribution in [2.75, 3.05) is 33.4 Å². The molecule has 0 saturated carbocycles. The second kappa shape index (κ2) is 12.1. The Bertz CT molecular complexity index is 947. The smallest absolute Gasteiger partial charge is 0.135 e. The van der Waals surface area contributed by atoms with Crippen LogP contribution in [0, 0.1) is 11.8 Å². The lowest BCUT2D eigenvalue weighted by molar-refractivity contribution is -0.120. The summed E-state index contributed by atoms with van der Waals surface area (Å²) >= 11 is 0. The summed E-state index contributed by atoms with van der Waals surface area (Å²) in [5.41, 5.74) is 4.81. The third kappa shape index (κ3) is 6.95. The van der Waals surface area contributed by atoms with Crippen LogP contribution in [0.4, 0.5) is 0 Å². The lowest BCUT2D eigenvalue weighted by atomic mass is 9.93. The summed E-state index contributed by atoms with van der Waals surface area (Å²) < 4.78 is 5.08. The maximum absolute atomic E-state index is 12.4. The van der Waals surface area contributed by atoms with Crippen LogP contribution in [0.1, 0.15) is 49.7 Å². The average Bonchev–Trinajstić information content (AvgIpc) is 3.02. The number of amidine groups is 1. The van der Waals surface area contributed by atoms with Gasteiger partial charge in [0.05, 0.1) is 6.61 Å². The van der Waals surface area contributed by atoms with Gasteiger partial charge in [0, 0.05) is 57.1 Å². The van der Waals surface area contributed by atoms with Crippen molar-refractivity contribution in [2.45, 2.75) is 45.1 Å². The van der Waals surface area contributed by atoms with Crippen LogP contribution in [0.15, 0.2) is 52.1 Å². The zero-order valence-corrected chi connectivity index (χ0v) is 19.7. The quantitative estimate of drug-likeness (QED) is 0.716. The highest BCUT2D eigenvalue weighted by atomic mass is 16.5. The molecular formula is C27H36N4O2. The van der Waals surface area contributed by atoms with E-state index in [0.717, 1.165) is 56.7 Å². The molecule has 33 heavy (non-hydrogen) atoms. The number of allylic oxidation sites excluding steroid dienone is 3. The highest BCUT2D eigenvalue weighted by Crippen LogP contribution is 2.28. The Morgan fingerprint density at radius 1 is 1.21 bits per heavy atom. The molecular weight excluding hydrogens is 412 g/mol. The molecule has 0 fully saturated rings. The fourth-order valence-corrected chi connectivity index (χ4v) is 4.74. The number of carbonyl (C=O) groups is 1. The van der Waals surface area contributed by atoms with Gasteiger partial charge in [-0.1, -0.05) is 24.3 Å². The molecule has 0 amide bonds. The van der Waals surface area contributed by atoms with Crippen LogP contribution in [-0.4, -0.2) is 51.2 Å². The van der Waals surface area contributed by atoms with Gasteiger partial charge in [-0.2, -0.15) is 0 Å². The lowest BCUT2D eigenvalue weighted by Crippen LogP contribution is -2.23. The van der Waals surface area contributed by atoms with Gasteiger partial charge in [0.2, 0.25) is 0 Å². The topological polar surface area (TPSA) is 75.1 Å². The molecule has 0 aliphatic carbocycles. The molecule has 1 aromatic carbocycles. The van der Waals surface area contributed by atoms with E-state index in [1.807, 2.05) is 6.21 Å². The number of carbonyl (C=O) groups excluding carboxylic acids is 1. The molecule has 5 bridgehead atoms. The Hall–Kier alpha value is -2.57. The number of Topliss-reactive ketones (excluding diaryl/α,β-unsaturated/α-hetero) is 1. The molecule has 0 spiro atoms. The van der Waals surface area contributed by atoms with E-state index >= 15 is 0 Å². The van der Waals surface area contributed by atoms with Gasteiger partial charge in [-0.05, 0) is 67.3 Å². The summed E-state index contributed by atoms with van der Waals surface area (Å²) in [5, 5.41) is 7.21. The number of ketones is 1. The number of nitrogens with one attached hydrogen (secondary N) is 2. The standard InChI is InChI=1S/C27H36N4O2/c1-33-14-10-24(32)16-21-8-11-28-18-22-3-2-4-23(15-22)25-19-29-12-7-20-5-6-27(30-13-9-21)31-26(25)17-20/h2-6,15,19-21,28H,7-14,16-18H2,1H3,(H,30,31)/b26-25-,29-19?. The van der Waals surface area contributed by atoms with Crippen molar-refractivity contribution in [2.24, 2.45) is 21.8 Å². The van der Waals surface area contributed by atoms with Crippen LogP contribution in [0.5, 0.6) is 0 Å². The summed E-state index contributed by atoms with van der Waals surface area (Å²) in [5.74, 6) is 1.98. The molecule has 0 aromatic heterocycles. The third-order valence-corrected chi connectivity index (χ3v) is 6.66. The van der Waals surface area contributed by atoms with Crippen LogP contribution < -0.4 is 10.6 Å². The summed E-state index contributed by atoms with van der Waals surface area (Å²) in [4.78, 5) is 22.0. The highest BCUT2D eigenvalue weighted by molar-refractivity contribution is 6.12. The van der Waals surface area contributed by atoms with Crippen molar-refractivity contribution < 1.29 is 9.53 Å². The van der Waals surface area contributed by atoms with Gasteiger partial charge < -0.3 is 15.4 Å². The first-order valence-corrected chi connectivity index (χ1v) is 12.2. The summed E-state index contributed by atoms with van der Waals surface area (Å²) in [6.07, 6.45) is 11.4. The number of methoxy groups -OCH3 is 1. The third-order valence-electron chi connectivity index (χ3n) is 6.66. The largest absolute Gasteiger partial charge is 0.384 e. The van der Waals surface area contributed by atoms with Gasteiger partial charge in [-0.25, -0.2) is 0 Å². The van der Waals surface area contributed by atoms with Gasteiger partial charge in [-0.3, -0.25) is 14.8 Å². The Kier molecular flexibility index (Phi) is 8.61. The maximum atomic E-state index is 12.4. The van der Waals surface area contributed by atoms with Crippen LogP contribution in [0.2, 0.25) is 0 Å². The minimum atomic E-state index is 0.281. The first-order chi connectivity index (χ1) is 16.2. The minimum Gasteiger partial charge on any atom is -0.384 e. The molecule has 6 heteroatoms. The second-order valence-corrected chi connectivity index (χ2v) is 9.24. The van der Waals surface area contributed by atoms with E-state index in [1.54, 1.807) is 7.11 Å². The van der Waals surface area contributed by atoms with Gasteiger partial charge in [0.15, 0.2) is 0 Å². The van der Waals surface area contributed by atoms with Gasteiger partial charge in [0.25, 0.3) is 0 Å².